The van der Waals surface area contributed by atoms with E-state index in [1.54, 1.807) is 25.2 Å². The fourth-order valence-corrected chi connectivity index (χ4v) is 2.14. The third-order valence-electron chi connectivity index (χ3n) is 3.68. The van der Waals surface area contributed by atoms with Crippen LogP contribution in [0.25, 0.3) is 11.0 Å². The zero-order chi connectivity index (χ0) is 15.7. The number of fused-ring (bicyclic) bond motifs is 1. The number of aliphatic carboxylic acids is 1. The van der Waals surface area contributed by atoms with Gasteiger partial charge in [0.25, 0.3) is 0 Å². The number of carbonyl (C=O) groups is 2. The molecule has 2 aromatic rings. The number of benzene rings is 1. The molecule has 7 nitrogen and oxygen atoms in total. The Morgan fingerprint density at radius 1 is 1.29 bits per heavy atom. The lowest BCUT2D eigenvalue weighted by atomic mass is 10.3. The van der Waals surface area contributed by atoms with Gasteiger partial charge in [0.05, 0.1) is 11.0 Å². The molecule has 0 radical (unpaired) electrons. The number of hydrogen-bond donors (Lipinski definition) is 1. The summed E-state index contributed by atoms with van der Waals surface area (Å²) in [5.41, 5.74) is 1.07. The van der Waals surface area contributed by atoms with E-state index in [0.717, 1.165) is 10.4 Å². The summed E-state index contributed by atoms with van der Waals surface area (Å²) < 4.78 is 2.81. The van der Waals surface area contributed by atoms with E-state index in [0.29, 0.717) is 5.52 Å². The fraction of sp³-hybridized carbons (Fsp3) is 0.357. The molecule has 1 aromatic carbocycles. The second-order valence-corrected chi connectivity index (χ2v) is 4.94. The Bertz CT molecular complexity index is 759. The maximum absolute atomic E-state index is 12.2. The third kappa shape index (κ3) is 2.54. The standard InChI is InChI=1S/C14H17N3O4/c1-9(13(19)20)15(2)12(18)8-17-11-7-5-4-6-10(11)16(3)14(17)21/h4-7,9H,8H2,1-3H3,(H,19,20). The average Bonchev–Trinajstić information content (AvgIpc) is 2.71. The zero-order valence-corrected chi connectivity index (χ0v) is 12.1. The van der Waals surface area contributed by atoms with Crippen LogP contribution < -0.4 is 5.69 Å². The molecule has 0 aliphatic rings. The summed E-state index contributed by atoms with van der Waals surface area (Å²) in [6, 6.07) is 6.20. The molecule has 1 aromatic heterocycles. The molecule has 1 unspecified atom stereocenters. The van der Waals surface area contributed by atoms with Gasteiger partial charge < -0.3 is 10.0 Å². The molecule has 1 N–H and O–H groups in total. The predicted molar refractivity (Wildman–Crippen MR) is 77.0 cm³/mol. The van der Waals surface area contributed by atoms with Gasteiger partial charge in [-0.15, -0.1) is 0 Å². The molecule has 0 bridgehead atoms. The third-order valence-corrected chi connectivity index (χ3v) is 3.68. The van der Waals surface area contributed by atoms with Crippen LogP contribution in [0.4, 0.5) is 0 Å². The highest BCUT2D eigenvalue weighted by atomic mass is 16.4. The minimum Gasteiger partial charge on any atom is -0.480 e. The number of imidazole rings is 1. The van der Waals surface area contributed by atoms with Gasteiger partial charge in [0, 0.05) is 14.1 Å². The quantitative estimate of drug-likeness (QED) is 0.876. The Labute approximate surface area is 121 Å². The molecule has 1 amide bonds. The van der Waals surface area contributed by atoms with Crippen LogP contribution in [-0.4, -0.2) is 44.1 Å². The van der Waals surface area contributed by atoms with Crippen molar-refractivity contribution in [2.24, 2.45) is 7.05 Å². The molecule has 0 aliphatic carbocycles. The second kappa shape index (κ2) is 5.43. The summed E-state index contributed by atoms with van der Waals surface area (Å²) >= 11 is 0. The average molecular weight is 291 g/mol. The minimum atomic E-state index is -1.09. The normalized spacial score (nSPS) is 12.3. The van der Waals surface area contributed by atoms with Gasteiger partial charge in [-0.05, 0) is 19.1 Å². The van der Waals surface area contributed by atoms with Crippen molar-refractivity contribution >= 4 is 22.9 Å². The van der Waals surface area contributed by atoms with Crippen LogP contribution in [0.3, 0.4) is 0 Å². The lowest BCUT2D eigenvalue weighted by molar-refractivity contribution is -0.148. The minimum absolute atomic E-state index is 0.186. The molecule has 1 atom stereocenters. The van der Waals surface area contributed by atoms with Gasteiger partial charge >= 0.3 is 11.7 Å². The van der Waals surface area contributed by atoms with Crippen LogP contribution in [0, 0.1) is 0 Å². The Kier molecular flexibility index (Phi) is 3.84. The summed E-state index contributed by atoms with van der Waals surface area (Å²) in [5, 5.41) is 8.93. The van der Waals surface area contributed by atoms with E-state index >= 15 is 0 Å². The van der Waals surface area contributed by atoms with E-state index < -0.39 is 17.9 Å². The molecule has 21 heavy (non-hydrogen) atoms. The second-order valence-electron chi connectivity index (χ2n) is 4.94. The highest BCUT2D eigenvalue weighted by Crippen LogP contribution is 2.11. The van der Waals surface area contributed by atoms with Gasteiger partial charge in [-0.1, -0.05) is 12.1 Å². The van der Waals surface area contributed by atoms with Gasteiger partial charge in [-0.25, -0.2) is 9.59 Å². The summed E-state index contributed by atoms with van der Waals surface area (Å²) in [4.78, 5) is 36.4. The summed E-state index contributed by atoms with van der Waals surface area (Å²) in [6.07, 6.45) is 0. The topological polar surface area (TPSA) is 84.5 Å². The van der Waals surface area contributed by atoms with Crippen molar-refractivity contribution in [3.05, 3.63) is 34.7 Å². The number of aromatic nitrogens is 2. The number of likely N-dealkylation sites (N-methyl/N-ethyl adjacent to an activating group) is 1. The fourth-order valence-electron chi connectivity index (χ4n) is 2.14. The van der Waals surface area contributed by atoms with Crippen LogP contribution in [-0.2, 0) is 23.2 Å². The first-order valence-corrected chi connectivity index (χ1v) is 6.47. The molecular formula is C14H17N3O4. The predicted octanol–water partition coefficient (Wildman–Crippen LogP) is 0.272. The molecule has 0 saturated heterocycles. The summed E-state index contributed by atoms with van der Waals surface area (Å²) in [7, 11) is 3.05. The van der Waals surface area contributed by atoms with Crippen molar-refractivity contribution in [1.82, 2.24) is 14.0 Å². The van der Waals surface area contributed by atoms with Gasteiger partial charge in [0.15, 0.2) is 0 Å². The number of hydrogen-bond acceptors (Lipinski definition) is 3. The zero-order valence-electron chi connectivity index (χ0n) is 12.1. The van der Waals surface area contributed by atoms with E-state index in [4.69, 9.17) is 5.11 Å². The van der Waals surface area contributed by atoms with Gasteiger partial charge in [0.1, 0.15) is 12.6 Å². The van der Waals surface area contributed by atoms with Gasteiger partial charge in [-0.3, -0.25) is 13.9 Å². The molecule has 0 saturated carbocycles. The monoisotopic (exact) mass is 291 g/mol. The first-order valence-electron chi connectivity index (χ1n) is 6.47. The Hall–Kier alpha value is -2.57. The number of aryl methyl sites for hydroxylation is 1. The van der Waals surface area contributed by atoms with Crippen LogP contribution in [0.5, 0.6) is 0 Å². The maximum Gasteiger partial charge on any atom is 0.329 e. The van der Waals surface area contributed by atoms with Crippen LogP contribution in [0.15, 0.2) is 29.1 Å². The van der Waals surface area contributed by atoms with E-state index in [1.807, 2.05) is 6.07 Å². The molecule has 0 fully saturated rings. The van der Waals surface area contributed by atoms with Gasteiger partial charge in [-0.2, -0.15) is 0 Å². The lowest BCUT2D eigenvalue weighted by Gasteiger charge is -2.21. The van der Waals surface area contributed by atoms with Crippen molar-refractivity contribution in [1.29, 1.82) is 0 Å². The SMILES string of the molecule is CC(C(=O)O)N(C)C(=O)Cn1c(=O)n(C)c2ccccc21. The van der Waals surface area contributed by atoms with E-state index in [9.17, 15) is 14.4 Å². The maximum atomic E-state index is 12.2. The Morgan fingerprint density at radius 3 is 2.43 bits per heavy atom. The van der Waals surface area contributed by atoms with Crippen LogP contribution in [0.1, 0.15) is 6.92 Å². The number of carboxylic acids is 1. The molecule has 0 aliphatic heterocycles. The first kappa shape index (κ1) is 14.8. The van der Waals surface area contributed by atoms with E-state index in [2.05, 4.69) is 0 Å². The molecule has 2 rings (SSSR count). The summed E-state index contributed by atoms with van der Waals surface area (Å²) in [5.74, 6) is -1.51. The summed E-state index contributed by atoms with van der Waals surface area (Å²) in [6.45, 7) is 1.24. The van der Waals surface area contributed by atoms with Crippen LogP contribution >= 0.6 is 0 Å². The molecule has 1 heterocycles. The van der Waals surface area contributed by atoms with Crippen molar-refractivity contribution in [3.63, 3.8) is 0 Å². The van der Waals surface area contributed by atoms with E-state index in [-0.39, 0.29) is 12.2 Å². The smallest absolute Gasteiger partial charge is 0.329 e. The largest absolute Gasteiger partial charge is 0.480 e. The van der Waals surface area contributed by atoms with Crippen molar-refractivity contribution in [2.45, 2.75) is 19.5 Å². The number of rotatable bonds is 4. The van der Waals surface area contributed by atoms with Crippen LogP contribution in [0.2, 0.25) is 0 Å². The number of nitrogens with zero attached hydrogens (tertiary/aromatic N) is 3. The number of carbonyl (C=O) groups excluding carboxylic acids is 1. The Morgan fingerprint density at radius 2 is 1.86 bits per heavy atom. The molecule has 7 heteroatoms. The highest BCUT2D eigenvalue weighted by molar-refractivity contribution is 5.84. The highest BCUT2D eigenvalue weighted by Gasteiger charge is 2.23. The van der Waals surface area contributed by atoms with Crippen molar-refractivity contribution in [3.8, 4) is 0 Å². The van der Waals surface area contributed by atoms with Gasteiger partial charge in [0.2, 0.25) is 5.91 Å². The van der Waals surface area contributed by atoms with Crippen molar-refractivity contribution < 1.29 is 14.7 Å². The molecular weight excluding hydrogens is 274 g/mol. The Balaban J connectivity index is 2.37. The van der Waals surface area contributed by atoms with E-state index in [1.165, 1.54) is 23.1 Å². The molecule has 0 spiro atoms. The van der Waals surface area contributed by atoms with Crippen molar-refractivity contribution in [2.75, 3.05) is 7.05 Å². The number of carboxylic acid groups (broad SMARTS) is 1. The first-order chi connectivity index (χ1) is 9.84. The number of para-hydroxylation sites is 2. The lowest BCUT2D eigenvalue weighted by Crippen LogP contribution is -2.43. The molecule has 112 valence electrons. The number of amides is 1.